The molecule has 1 N–H and O–H groups in total. The molecule has 0 radical (unpaired) electrons. The van der Waals surface area contributed by atoms with Crippen molar-refractivity contribution in [3.8, 4) is 0 Å². The quantitative estimate of drug-likeness (QED) is 0.862. The van der Waals surface area contributed by atoms with Gasteiger partial charge in [0.1, 0.15) is 0 Å². The average Bonchev–Trinajstić information content (AvgIpc) is 2.36. The standard InChI is InChI=1S/C13H18O4S/c1-3-10(4-2)9-18(16,17)12-8-6-5-7-11(12)13(14)15/h5-8,10H,3-4,9H2,1-2H3,(H,14,15). The zero-order valence-corrected chi connectivity index (χ0v) is 11.4. The van der Waals surface area contributed by atoms with E-state index in [0.717, 1.165) is 12.8 Å². The van der Waals surface area contributed by atoms with Crippen LogP contribution in [0.2, 0.25) is 0 Å². The summed E-state index contributed by atoms with van der Waals surface area (Å²) in [5.74, 6) is -1.14. The third-order valence-corrected chi connectivity index (χ3v) is 5.00. The second kappa shape index (κ2) is 6.00. The second-order valence-corrected chi connectivity index (χ2v) is 6.27. The van der Waals surface area contributed by atoms with Gasteiger partial charge in [-0.25, -0.2) is 13.2 Å². The molecule has 0 spiro atoms. The third kappa shape index (κ3) is 3.32. The fourth-order valence-electron chi connectivity index (χ4n) is 1.84. The molecule has 100 valence electrons. The van der Waals surface area contributed by atoms with Crippen LogP contribution in [0.5, 0.6) is 0 Å². The van der Waals surface area contributed by atoms with Crippen molar-refractivity contribution in [1.82, 2.24) is 0 Å². The van der Waals surface area contributed by atoms with Gasteiger partial charge in [0.15, 0.2) is 9.84 Å². The number of carboxylic acid groups (broad SMARTS) is 1. The number of carbonyl (C=O) groups is 1. The van der Waals surface area contributed by atoms with Crippen LogP contribution in [0.4, 0.5) is 0 Å². The zero-order valence-electron chi connectivity index (χ0n) is 10.6. The van der Waals surface area contributed by atoms with Crippen LogP contribution < -0.4 is 0 Å². The molecule has 0 heterocycles. The monoisotopic (exact) mass is 270 g/mol. The van der Waals surface area contributed by atoms with E-state index >= 15 is 0 Å². The van der Waals surface area contributed by atoms with Gasteiger partial charge in [0.05, 0.1) is 16.2 Å². The van der Waals surface area contributed by atoms with Crippen molar-refractivity contribution in [2.75, 3.05) is 5.75 Å². The lowest BCUT2D eigenvalue weighted by Crippen LogP contribution is -2.18. The van der Waals surface area contributed by atoms with Crippen molar-refractivity contribution in [2.45, 2.75) is 31.6 Å². The van der Waals surface area contributed by atoms with Gasteiger partial charge in [0.2, 0.25) is 0 Å². The molecule has 1 aromatic carbocycles. The first kappa shape index (κ1) is 14.7. The highest BCUT2D eigenvalue weighted by Crippen LogP contribution is 2.21. The minimum atomic E-state index is -3.54. The van der Waals surface area contributed by atoms with Crippen molar-refractivity contribution in [2.24, 2.45) is 5.92 Å². The van der Waals surface area contributed by atoms with Gasteiger partial charge in [-0.3, -0.25) is 0 Å². The van der Waals surface area contributed by atoms with Crippen LogP contribution in [-0.2, 0) is 9.84 Å². The Morgan fingerprint density at radius 1 is 1.22 bits per heavy atom. The van der Waals surface area contributed by atoms with Gasteiger partial charge >= 0.3 is 5.97 Å². The Labute approximate surface area is 108 Å². The Hall–Kier alpha value is -1.36. The van der Waals surface area contributed by atoms with Crippen molar-refractivity contribution in [1.29, 1.82) is 0 Å². The van der Waals surface area contributed by atoms with Crippen molar-refractivity contribution < 1.29 is 18.3 Å². The molecule has 18 heavy (non-hydrogen) atoms. The first-order valence-electron chi connectivity index (χ1n) is 5.97. The van der Waals surface area contributed by atoms with E-state index in [9.17, 15) is 13.2 Å². The molecule has 0 amide bonds. The number of carboxylic acids is 1. The Bertz CT molecular complexity index is 516. The molecular formula is C13H18O4S. The molecule has 0 aliphatic rings. The zero-order chi connectivity index (χ0) is 13.8. The first-order valence-corrected chi connectivity index (χ1v) is 7.62. The van der Waals surface area contributed by atoms with E-state index < -0.39 is 15.8 Å². The number of sulfone groups is 1. The van der Waals surface area contributed by atoms with E-state index in [0.29, 0.717) is 0 Å². The molecule has 0 saturated heterocycles. The summed E-state index contributed by atoms with van der Waals surface area (Å²) in [6.45, 7) is 3.87. The Kier molecular flexibility index (Phi) is 4.90. The Morgan fingerprint density at radius 3 is 2.28 bits per heavy atom. The number of aromatic carboxylic acids is 1. The van der Waals surface area contributed by atoms with Gasteiger partial charge < -0.3 is 5.11 Å². The largest absolute Gasteiger partial charge is 0.478 e. The maximum atomic E-state index is 12.2. The SMILES string of the molecule is CCC(CC)CS(=O)(=O)c1ccccc1C(=O)O. The lowest BCUT2D eigenvalue weighted by Gasteiger charge is -2.13. The van der Waals surface area contributed by atoms with E-state index in [4.69, 9.17) is 5.11 Å². The number of hydrogen-bond acceptors (Lipinski definition) is 3. The van der Waals surface area contributed by atoms with E-state index in [-0.39, 0.29) is 22.1 Å². The molecule has 5 heteroatoms. The lowest BCUT2D eigenvalue weighted by molar-refractivity contribution is 0.0692. The topological polar surface area (TPSA) is 71.4 Å². The summed E-state index contributed by atoms with van der Waals surface area (Å²) in [5.41, 5.74) is -0.150. The highest BCUT2D eigenvalue weighted by molar-refractivity contribution is 7.91. The predicted molar refractivity (Wildman–Crippen MR) is 69.5 cm³/mol. The van der Waals surface area contributed by atoms with Crippen molar-refractivity contribution >= 4 is 15.8 Å². The van der Waals surface area contributed by atoms with Crippen LogP contribution >= 0.6 is 0 Å². The number of hydrogen-bond donors (Lipinski definition) is 1. The van der Waals surface area contributed by atoms with E-state index in [1.54, 1.807) is 6.07 Å². The molecule has 1 aromatic rings. The Balaban J connectivity index is 3.16. The molecule has 0 fully saturated rings. The lowest BCUT2D eigenvalue weighted by atomic mass is 10.1. The maximum Gasteiger partial charge on any atom is 0.337 e. The molecule has 0 bridgehead atoms. The van der Waals surface area contributed by atoms with Crippen molar-refractivity contribution in [3.05, 3.63) is 29.8 Å². The summed E-state index contributed by atoms with van der Waals surface area (Å²) in [7, 11) is -3.54. The summed E-state index contributed by atoms with van der Waals surface area (Å²) in [5, 5.41) is 9.01. The number of rotatable bonds is 6. The minimum Gasteiger partial charge on any atom is -0.478 e. The Morgan fingerprint density at radius 2 is 1.78 bits per heavy atom. The van der Waals surface area contributed by atoms with Crippen LogP contribution in [0.25, 0.3) is 0 Å². The molecule has 0 atom stereocenters. The van der Waals surface area contributed by atoms with Crippen LogP contribution in [0.1, 0.15) is 37.0 Å². The van der Waals surface area contributed by atoms with Crippen LogP contribution in [0.3, 0.4) is 0 Å². The van der Waals surface area contributed by atoms with Crippen LogP contribution in [0.15, 0.2) is 29.2 Å². The average molecular weight is 270 g/mol. The summed E-state index contributed by atoms with van der Waals surface area (Å²) < 4.78 is 24.4. The van der Waals surface area contributed by atoms with E-state index in [2.05, 4.69) is 0 Å². The summed E-state index contributed by atoms with van der Waals surface area (Å²) >= 11 is 0. The van der Waals surface area contributed by atoms with Gasteiger partial charge in [-0.05, 0) is 18.1 Å². The van der Waals surface area contributed by atoms with Gasteiger partial charge in [0, 0.05) is 0 Å². The van der Waals surface area contributed by atoms with Gasteiger partial charge in [-0.15, -0.1) is 0 Å². The van der Waals surface area contributed by atoms with Crippen LogP contribution in [-0.4, -0.2) is 25.2 Å². The molecular weight excluding hydrogens is 252 g/mol. The maximum absolute atomic E-state index is 12.2. The highest BCUT2D eigenvalue weighted by Gasteiger charge is 2.24. The molecule has 0 aliphatic carbocycles. The summed E-state index contributed by atoms with van der Waals surface area (Å²) in [4.78, 5) is 10.9. The number of benzene rings is 1. The molecule has 0 aromatic heterocycles. The molecule has 4 nitrogen and oxygen atoms in total. The van der Waals surface area contributed by atoms with Gasteiger partial charge in [-0.2, -0.15) is 0 Å². The molecule has 1 rings (SSSR count). The second-order valence-electron chi connectivity index (χ2n) is 4.27. The molecule has 0 aliphatic heterocycles. The van der Waals surface area contributed by atoms with E-state index in [1.807, 2.05) is 13.8 Å². The molecule has 0 saturated carbocycles. The minimum absolute atomic E-state index is 0.00426. The summed E-state index contributed by atoms with van der Waals surface area (Å²) in [6.07, 6.45) is 1.54. The van der Waals surface area contributed by atoms with Gasteiger partial charge in [0.25, 0.3) is 0 Å². The highest BCUT2D eigenvalue weighted by atomic mass is 32.2. The normalized spacial score (nSPS) is 11.7. The van der Waals surface area contributed by atoms with Gasteiger partial charge in [-0.1, -0.05) is 38.8 Å². The van der Waals surface area contributed by atoms with Crippen molar-refractivity contribution in [3.63, 3.8) is 0 Å². The molecule has 0 unspecified atom stereocenters. The fraction of sp³-hybridized carbons (Fsp3) is 0.462. The predicted octanol–water partition coefficient (Wildman–Crippen LogP) is 2.59. The smallest absolute Gasteiger partial charge is 0.337 e. The third-order valence-electron chi connectivity index (χ3n) is 3.06. The fourth-order valence-corrected chi connectivity index (χ4v) is 3.89. The van der Waals surface area contributed by atoms with Crippen LogP contribution in [0, 0.1) is 5.92 Å². The van der Waals surface area contributed by atoms with E-state index in [1.165, 1.54) is 18.2 Å². The summed E-state index contributed by atoms with van der Waals surface area (Å²) in [6, 6.07) is 5.76. The first-order chi connectivity index (χ1) is 8.42.